The van der Waals surface area contributed by atoms with Crippen molar-refractivity contribution in [3.63, 3.8) is 0 Å². The average molecular weight is 539 g/mol. The Morgan fingerprint density at radius 1 is 0.897 bits per heavy atom. The standard InChI is InChI=1S/C31H33F3N2O3/c1-30(21-28(37)38,23-7-3-2-4-8-23)17-20-36-18-15-25(16-19-36)35-29(39)27-10-6-5-9-26(27)22-11-13-24(14-12-22)31(32,33)34/h2-14,25H,15-21H2,1H3,(H,35,39)(H,37,38). The molecule has 206 valence electrons. The second-order valence-electron chi connectivity index (χ2n) is 10.5. The molecule has 2 N–H and O–H groups in total. The number of carboxylic acids is 1. The Morgan fingerprint density at radius 2 is 1.51 bits per heavy atom. The number of carbonyl (C=O) groups is 2. The summed E-state index contributed by atoms with van der Waals surface area (Å²) < 4.78 is 38.9. The van der Waals surface area contributed by atoms with E-state index in [0.29, 0.717) is 23.1 Å². The van der Waals surface area contributed by atoms with E-state index in [4.69, 9.17) is 0 Å². The Kier molecular flexibility index (Phi) is 8.75. The lowest BCUT2D eigenvalue weighted by atomic mass is 9.76. The number of rotatable bonds is 9. The number of nitrogens with zero attached hydrogens (tertiary/aromatic N) is 1. The van der Waals surface area contributed by atoms with E-state index in [1.54, 1.807) is 24.3 Å². The van der Waals surface area contributed by atoms with Crippen molar-refractivity contribution in [1.82, 2.24) is 10.2 Å². The summed E-state index contributed by atoms with van der Waals surface area (Å²) in [6.07, 6.45) is -2.13. The average Bonchev–Trinajstić information content (AvgIpc) is 2.92. The Balaban J connectivity index is 1.34. The summed E-state index contributed by atoms with van der Waals surface area (Å²) in [4.78, 5) is 27.1. The van der Waals surface area contributed by atoms with Crippen LogP contribution < -0.4 is 5.32 Å². The van der Waals surface area contributed by atoms with Crippen LogP contribution in [0.25, 0.3) is 11.1 Å². The third-order valence-electron chi connectivity index (χ3n) is 7.61. The number of aliphatic carboxylic acids is 1. The molecule has 0 spiro atoms. The summed E-state index contributed by atoms with van der Waals surface area (Å²) in [5.41, 5.74) is 1.37. The third-order valence-corrected chi connectivity index (χ3v) is 7.61. The van der Waals surface area contributed by atoms with Gasteiger partial charge >= 0.3 is 12.1 Å². The molecular formula is C31H33F3N2O3. The fourth-order valence-electron chi connectivity index (χ4n) is 5.25. The van der Waals surface area contributed by atoms with Crippen molar-refractivity contribution >= 4 is 11.9 Å². The molecule has 5 nitrogen and oxygen atoms in total. The monoisotopic (exact) mass is 538 g/mol. The minimum atomic E-state index is -4.42. The van der Waals surface area contributed by atoms with Gasteiger partial charge in [-0.05, 0) is 60.7 Å². The zero-order valence-electron chi connectivity index (χ0n) is 21.9. The first-order chi connectivity index (χ1) is 18.5. The quantitative estimate of drug-likeness (QED) is 0.331. The highest BCUT2D eigenvalue weighted by Crippen LogP contribution is 2.33. The van der Waals surface area contributed by atoms with Crippen LogP contribution in [0.3, 0.4) is 0 Å². The Bertz CT molecular complexity index is 1270. The first kappa shape index (κ1) is 28.4. The van der Waals surface area contributed by atoms with Gasteiger partial charge < -0.3 is 15.3 Å². The number of alkyl halides is 3. The fraction of sp³-hybridized carbons (Fsp3) is 0.355. The summed E-state index contributed by atoms with van der Waals surface area (Å²) in [6, 6.07) is 21.5. The molecule has 3 aromatic rings. The molecule has 0 aromatic heterocycles. The molecule has 1 aliphatic rings. The van der Waals surface area contributed by atoms with Gasteiger partial charge in [0, 0.05) is 30.1 Å². The van der Waals surface area contributed by atoms with Crippen molar-refractivity contribution in [3.05, 3.63) is 95.6 Å². The zero-order valence-corrected chi connectivity index (χ0v) is 21.9. The number of nitrogens with one attached hydrogen (secondary N) is 1. The molecule has 1 aliphatic heterocycles. The van der Waals surface area contributed by atoms with Gasteiger partial charge in [-0.1, -0.05) is 67.6 Å². The molecule has 1 saturated heterocycles. The van der Waals surface area contributed by atoms with Crippen LogP contribution in [0, 0.1) is 0 Å². The van der Waals surface area contributed by atoms with E-state index in [1.807, 2.05) is 37.3 Å². The Morgan fingerprint density at radius 3 is 2.13 bits per heavy atom. The van der Waals surface area contributed by atoms with Crippen molar-refractivity contribution in [2.45, 2.75) is 50.2 Å². The first-order valence-corrected chi connectivity index (χ1v) is 13.1. The van der Waals surface area contributed by atoms with E-state index in [1.165, 1.54) is 12.1 Å². The highest BCUT2D eigenvalue weighted by atomic mass is 19.4. The van der Waals surface area contributed by atoms with Crippen LogP contribution in [0.4, 0.5) is 13.2 Å². The number of likely N-dealkylation sites (tertiary alicyclic amines) is 1. The molecule has 1 amide bonds. The van der Waals surface area contributed by atoms with Gasteiger partial charge in [0.25, 0.3) is 5.91 Å². The third kappa shape index (κ3) is 7.26. The summed E-state index contributed by atoms with van der Waals surface area (Å²) in [6.45, 7) is 4.32. The fourth-order valence-corrected chi connectivity index (χ4v) is 5.25. The maximum Gasteiger partial charge on any atom is 0.416 e. The minimum Gasteiger partial charge on any atom is -0.481 e. The van der Waals surface area contributed by atoms with Gasteiger partial charge in [-0.2, -0.15) is 13.2 Å². The normalized spacial score (nSPS) is 16.4. The van der Waals surface area contributed by atoms with Crippen molar-refractivity contribution in [2.24, 2.45) is 0 Å². The van der Waals surface area contributed by atoms with Crippen LogP contribution >= 0.6 is 0 Å². The molecular weight excluding hydrogens is 505 g/mol. The molecule has 0 radical (unpaired) electrons. The smallest absolute Gasteiger partial charge is 0.416 e. The molecule has 1 atom stereocenters. The van der Waals surface area contributed by atoms with Crippen molar-refractivity contribution < 1.29 is 27.9 Å². The highest BCUT2D eigenvalue weighted by molar-refractivity contribution is 6.01. The van der Waals surface area contributed by atoms with Gasteiger partial charge in [0.15, 0.2) is 0 Å². The molecule has 1 fully saturated rings. The number of carbonyl (C=O) groups excluding carboxylic acids is 1. The second-order valence-corrected chi connectivity index (χ2v) is 10.5. The largest absolute Gasteiger partial charge is 0.481 e. The summed E-state index contributed by atoms with van der Waals surface area (Å²) in [5.74, 6) is -1.07. The number of amides is 1. The molecule has 3 aromatic carbocycles. The SMILES string of the molecule is CC(CCN1CCC(NC(=O)c2ccccc2-c2ccc(C(F)(F)F)cc2)CC1)(CC(=O)O)c1ccccc1. The van der Waals surface area contributed by atoms with E-state index in [0.717, 1.165) is 50.2 Å². The number of benzene rings is 3. The van der Waals surface area contributed by atoms with Gasteiger partial charge in [0.05, 0.1) is 12.0 Å². The first-order valence-electron chi connectivity index (χ1n) is 13.1. The van der Waals surface area contributed by atoms with Gasteiger partial charge in [0.1, 0.15) is 0 Å². The van der Waals surface area contributed by atoms with Crippen LogP contribution in [0.2, 0.25) is 0 Å². The molecule has 39 heavy (non-hydrogen) atoms. The van der Waals surface area contributed by atoms with Crippen LogP contribution in [-0.4, -0.2) is 47.6 Å². The Hall–Kier alpha value is -3.65. The van der Waals surface area contributed by atoms with Gasteiger partial charge in [-0.3, -0.25) is 9.59 Å². The number of hydrogen-bond acceptors (Lipinski definition) is 3. The number of halogens is 3. The van der Waals surface area contributed by atoms with Gasteiger partial charge in [-0.15, -0.1) is 0 Å². The van der Waals surface area contributed by atoms with Crippen LogP contribution in [0.1, 0.15) is 54.1 Å². The van der Waals surface area contributed by atoms with Crippen molar-refractivity contribution in [1.29, 1.82) is 0 Å². The summed E-state index contributed by atoms with van der Waals surface area (Å²) in [7, 11) is 0. The zero-order chi connectivity index (χ0) is 28.0. The maximum absolute atomic E-state index is 13.2. The molecule has 0 bridgehead atoms. The molecule has 8 heteroatoms. The minimum absolute atomic E-state index is 0.0195. The number of hydrogen-bond donors (Lipinski definition) is 2. The van der Waals surface area contributed by atoms with Crippen LogP contribution in [0.15, 0.2) is 78.9 Å². The van der Waals surface area contributed by atoms with E-state index < -0.39 is 23.1 Å². The topological polar surface area (TPSA) is 69.6 Å². The lowest BCUT2D eigenvalue weighted by Gasteiger charge is -2.36. The summed E-state index contributed by atoms with van der Waals surface area (Å²) in [5, 5.41) is 12.6. The number of carboxylic acid groups (broad SMARTS) is 1. The van der Waals surface area contributed by atoms with Gasteiger partial charge in [-0.25, -0.2) is 0 Å². The molecule has 0 saturated carbocycles. The predicted molar refractivity (Wildman–Crippen MR) is 144 cm³/mol. The molecule has 0 aliphatic carbocycles. The Labute approximate surface area is 226 Å². The van der Waals surface area contributed by atoms with E-state index in [-0.39, 0.29) is 18.4 Å². The van der Waals surface area contributed by atoms with Crippen LogP contribution in [-0.2, 0) is 16.4 Å². The van der Waals surface area contributed by atoms with Crippen molar-refractivity contribution in [2.75, 3.05) is 19.6 Å². The van der Waals surface area contributed by atoms with Gasteiger partial charge in [0.2, 0.25) is 0 Å². The van der Waals surface area contributed by atoms with E-state index >= 15 is 0 Å². The summed E-state index contributed by atoms with van der Waals surface area (Å²) >= 11 is 0. The van der Waals surface area contributed by atoms with E-state index in [2.05, 4.69) is 10.2 Å². The number of piperidine rings is 1. The predicted octanol–water partition coefficient (Wildman–Crippen LogP) is 6.39. The molecule has 4 rings (SSSR count). The highest BCUT2D eigenvalue weighted by Gasteiger charge is 2.32. The molecule has 1 heterocycles. The lowest BCUT2D eigenvalue weighted by Crippen LogP contribution is -2.45. The van der Waals surface area contributed by atoms with Crippen LogP contribution in [0.5, 0.6) is 0 Å². The van der Waals surface area contributed by atoms with Crippen molar-refractivity contribution in [3.8, 4) is 11.1 Å². The maximum atomic E-state index is 13.2. The lowest BCUT2D eigenvalue weighted by molar-refractivity contribution is -0.139. The van der Waals surface area contributed by atoms with E-state index in [9.17, 15) is 27.9 Å². The second kappa shape index (κ2) is 12.0. The molecule has 1 unspecified atom stereocenters.